The van der Waals surface area contributed by atoms with Crippen LogP contribution in [0.25, 0.3) is 11.2 Å². The minimum Gasteiger partial charge on any atom is -0.392 e. The molecule has 1 fully saturated rings. The molecule has 0 aromatic carbocycles. The SMILES string of the molecule is C=C1[C@@H](n2cnc3c(N)ncnc32)C[C@H](O)[C@@]1(C)COP(=O)(O)OP(=O)(O)OP(=O)(O)O. The number of nitrogens with two attached hydrogens (primary N) is 1. The van der Waals surface area contributed by atoms with E-state index in [9.17, 15) is 28.6 Å². The van der Waals surface area contributed by atoms with E-state index in [2.05, 4.69) is 30.2 Å². The first-order chi connectivity index (χ1) is 14.5. The van der Waals surface area contributed by atoms with Crippen LogP contribution < -0.4 is 5.73 Å². The van der Waals surface area contributed by atoms with E-state index in [0.29, 0.717) is 16.7 Å². The topological polar surface area (TPSA) is 250 Å². The molecule has 3 rings (SSSR count). The van der Waals surface area contributed by atoms with Crippen LogP contribution in [0.2, 0.25) is 0 Å². The van der Waals surface area contributed by atoms with Crippen LogP contribution in [0.1, 0.15) is 19.4 Å². The first kappa shape index (κ1) is 25.1. The van der Waals surface area contributed by atoms with E-state index in [1.54, 1.807) is 4.57 Å². The number of nitrogens with zero attached hydrogens (tertiary/aromatic N) is 4. The van der Waals surface area contributed by atoms with Gasteiger partial charge in [0.25, 0.3) is 0 Å². The molecule has 2 unspecified atom stereocenters. The highest BCUT2D eigenvalue weighted by Crippen LogP contribution is 2.66. The third-order valence-corrected chi connectivity index (χ3v) is 8.77. The fraction of sp³-hybridized carbons (Fsp3) is 0.462. The molecule has 0 spiro atoms. The second kappa shape index (κ2) is 8.35. The molecular weight excluding hydrogens is 495 g/mol. The highest BCUT2D eigenvalue weighted by atomic mass is 31.3. The number of rotatable bonds is 8. The third-order valence-electron chi connectivity index (χ3n) is 4.98. The van der Waals surface area contributed by atoms with Gasteiger partial charge in [-0.15, -0.1) is 0 Å². The van der Waals surface area contributed by atoms with Crippen LogP contribution in [0.5, 0.6) is 0 Å². The van der Waals surface area contributed by atoms with Crippen LogP contribution in [0.3, 0.4) is 0 Å². The maximum atomic E-state index is 12.0. The lowest BCUT2D eigenvalue weighted by atomic mass is 9.84. The fourth-order valence-electron chi connectivity index (χ4n) is 3.30. The number of nitrogen functional groups attached to an aromatic ring is 1. The van der Waals surface area contributed by atoms with E-state index < -0.39 is 47.6 Å². The van der Waals surface area contributed by atoms with E-state index in [-0.39, 0.29) is 12.2 Å². The van der Waals surface area contributed by atoms with Gasteiger partial charge in [-0.2, -0.15) is 8.62 Å². The molecule has 16 nitrogen and oxygen atoms in total. The number of aromatic nitrogens is 4. The van der Waals surface area contributed by atoms with Crippen LogP contribution in [-0.2, 0) is 26.8 Å². The zero-order chi connectivity index (χ0) is 24.1. The molecule has 2 heterocycles. The number of phosphoric acid groups is 3. The molecule has 2 aromatic heterocycles. The van der Waals surface area contributed by atoms with E-state index in [1.165, 1.54) is 19.6 Å². The van der Waals surface area contributed by atoms with Crippen molar-refractivity contribution < 1.29 is 51.5 Å². The maximum absolute atomic E-state index is 12.0. The van der Waals surface area contributed by atoms with E-state index in [4.69, 9.17) is 20.0 Å². The van der Waals surface area contributed by atoms with Crippen molar-refractivity contribution in [1.82, 2.24) is 19.5 Å². The number of hydrogen-bond acceptors (Lipinski definition) is 11. The molecule has 1 aliphatic carbocycles. The molecule has 5 atom stereocenters. The van der Waals surface area contributed by atoms with Gasteiger partial charge in [-0.1, -0.05) is 13.5 Å². The molecule has 32 heavy (non-hydrogen) atoms. The molecule has 0 radical (unpaired) electrons. The minimum absolute atomic E-state index is 0.0878. The molecule has 0 bridgehead atoms. The van der Waals surface area contributed by atoms with Gasteiger partial charge in [0.1, 0.15) is 11.8 Å². The molecule has 7 N–H and O–H groups in total. The minimum atomic E-state index is -5.66. The second-order valence-electron chi connectivity index (χ2n) is 7.16. The number of hydrogen-bond donors (Lipinski definition) is 6. The van der Waals surface area contributed by atoms with Gasteiger partial charge in [0, 0.05) is 5.41 Å². The van der Waals surface area contributed by atoms with Crippen molar-refractivity contribution >= 4 is 40.4 Å². The molecule has 0 saturated heterocycles. The van der Waals surface area contributed by atoms with Crippen molar-refractivity contribution in [2.45, 2.75) is 25.5 Å². The van der Waals surface area contributed by atoms with Crippen molar-refractivity contribution in [3.05, 3.63) is 24.8 Å². The number of aliphatic hydroxyl groups is 1. The van der Waals surface area contributed by atoms with E-state index in [1.807, 2.05) is 0 Å². The molecular formula is C13H20N5O11P3. The van der Waals surface area contributed by atoms with Gasteiger partial charge in [0.15, 0.2) is 11.5 Å². The summed E-state index contributed by atoms with van der Waals surface area (Å²) >= 11 is 0. The van der Waals surface area contributed by atoms with Crippen LogP contribution in [0, 0.1) is 5.41 Å². The Labute approximate surface area is 180 Å². The zero-order valence-electron chi connectivity index (χ0n) is 16.3. The lowest BCUT2D eigenvalue weighted by molar-refractivity contribution is 0.0369. The maximum Gasteiger partial charge on any atom is 0.490 e. The molecule has 19 heteroatoms. The largest absolute Gasteiger partial charge is 0.490 e. The highest BCUT2D eigenvalue weighted by Gasteiger charge is 2.50. The van der Waals surface area contributed by atoms with Gasteiger partial charge in [0.05, 0.1) is 25.1 Å². The summed E-state index contributed by atoms with van der Waals surface area (Å²) in [6.45, 7) is 4.69. The summed E-state index contributed by atoms with van der Waals surface area (Å²) in [6.07, 6.45) is 1.60. The Morgan fingerprint density at radius 2 is 1.84 bits per heavy atom. The summed E-state index contributed by atoms with van der Waals surface area (Å²) in [4.78, 5) is 48.2. The highest BCUT2D eigenvalue weighted by molar-refractivity contribution is 7.66. The van der Waals surface area contributed by atoms with E-state index >= 15 is 0 Å². The summed E-state index contributed by atoms with van der Waals surface area (Å²) in [5, 5.41) is 10.6. The number of anilines is 1. The van der Waals surface area contributed by atoms with Gasteiger partial charge in [-0.3, -0.25) is 4.52 Å². The average molecular weight is 515 g/mol. The second-order valence-corrected chi connectivity index (χ2v) is 11.6. The Balaban J connectivity index is 1.77. The first-order valence-corrected chi connectivity index (χ1v) is 13.2. The third kappa shape index (κ3) is 5.16. The average Bonchev–Trinajstić information content (AvgIpc) is 3.13. The van der Waals surface area contributed by atoms with Gasteiger partial charge in [-0.05, 0) is 12.0 Å². The predicted octanol–water partition coefficient (Wildman–Crippen LogP) is 0.620. The van der Waals surface area contributed by atoms with Crippen molar-refractivity contribution in [1.29, 1.82) is 0 Å². The Morgan fingerprint density at radius 3 is 2.47 bits per heavy atom. The molecule has 2 aromatic rings. The summed E-state index contributed by atoms with van der Waals surface area (Å²) in [7, 11) is -16.5. The standard InChI is InChI=1S/C13H20N5O11P3/c1-7-8(18-6-17-10-11(14)15-5-16-12(10)18)3-9(19)13(7,2)4-27-31(23,24)29-32(25,26)28-30(20,21)22/h5-6,8-9,19H,1,3-4H2,2H3,(H,23,24)(H,25,26)(H2,14,15,16)(H2,20,21,22)/t8-,9-,13-/m0/s1. The number of phosphoric ester groups is 1. The van der Waals surface area contributed by atoms with Crippen LogP contribution >= 0.6 is 23.5 Å². The van der Waals surface area contributed by atoms with E-state index in [0.717, 1.165) is 0 Å². The van der Waals surface area contributed by atoms with Crippen LogP contribution in [0.15, 0.2) is 24.8 Å². The predicted molar refractivity (Wildman–Crippen MR) is 106 cm³/mol. The first-order valence-electron chi connectivity index (χ1n) is 8.63. The van der Waals surface area contributed by atoms with Crippen LogP contribution in [0.4, 0.5) is 5.82 Å². The zero-order valence-corrected chi connectivity index (χ0v) is 19.0. The molecule has 0 amide bonds. The smallest absolute Gasteiger partial charge is 0.392 e. The Bertz CT molecular complexity index is 1200. The Kier molecular flexibility index (Phi) is 6.55. The summed E-state index contributed by atoms with van der Waals surface area (Å²) in [6, 6.07) is -0.571. The van der Waals surface area contributed by atoms with Crippen LogP contribution in [-0.4, -0.2) is 56.9 Å². The number of fused-ring (bicyclic) bond motifs is 1. The molecule has 1 saturated carbocycles. The van der Waals surface area contributed by atoms with Gasteiger partial charge >= 0.3 is 23.5 Å². The lowest BCUT2D eigenvalue weighted by Gasteiger charge is -2.30. The lowest BCUT2D eigenvalue weighted by Crippen LogP contribution is -2.32. The van der Waals surface area contributed by atoms with Crippen molar-refractivity contribution in [3.8, 4) is 0 Å². The van der Waals surface area contributed by atoms with Gasteiger partial charge in [0.2, 0.25) is 0 Å². The molecule has 0 aliphatic heterocycles. The molecule has 178 valence electrons. The summed E-state index contributed by atoms with van der Waals surface area (Å²) in [5.41, 5.74) is 5.48. The molecule has 1 aliphatic rings. The Hall–Kier alpha value is -1.54. The van der Waals surface area contributed by atoms with Gasteiger partial charge < -0.3 is 35.0 Å². The summed E-state index contributed by atoms with van der Waals surface area (Å²) in [5.74, 6) is 0.147. The quantitative estimate of drug-likeness (QED) is 0.208. The monoisotopic (exact) mass is 515 g/mol. The normalized spacial score (nSPS) is 28.0. The number of imidazole rings is 1. The van der Waals surface area contributed by atoms with Gasteiger partial charge in [-0.25, -0.2) is 28.6 Å². The number of aliphatic hydroxyl groups excluding tert-OH is 1. The van der Waals surface area contributed by atoms with Crippen molar-refractivity contribution in [2.24, 2.45) is 5.41 Å². The summed E-state index contributed by atoms with van der Waals surface area (Å²) < 4.78 is 47.9. The Morgan fingerprint density at radius 1 is 1.19 bits per heavy atom. The fourth-order valence-corrected chi connectivity index (χ4v) is 6.42. The van der Waals surface area contributed by atoms with Crippen molar-refractivity contribution in [3.63, 3.8) is 0 Å². The van der Waals surface area contributed by atoms with Crippen molar-refractivity contribution in [2.75, 3.05) is 12.3 Å².